The van der Waals surface area contributed by atoms with Gasteiger partial charge in [0.2, 0.25) is 0 Å². The van der Waals surface area contributed by atoms with Gasteiger partial charge in [-0.05, 0) is 24.3 Å². The molecule has 2 aliphatic heterocycles. The summed E-state index contributed by atoms with van der Waals surface area (Å²) in [4.78, 5) is 14.3. The Hall–Kier alpha value is -2.65. The molecule has 0 saturated carbocycles. The SMILES string of the molecule is O=C(c1ccc(Nc2ccc(F)c(F)c2)nn1)N1CCC2(CC1)OCCO2. The number of nitrogens with zero attached hydrogens (tertiary/aromatic N) is 3. The number of carbonyl (C=O) groups is 1. The molecule has 2 fully saturated rings. The third-order valence-electron chi connectivity index (χ3n) is 4.70. The van der Waals surface area contributed by atoms with Crippen LogP contribution in [0.5, 0.6) is 0 Å². The fourth-order valence-corrected chi connectivity index (χ4v) is 3.23. The highest BCUT2D eigenvalue weighted by Gasteiger charge is 2.41. The molecule has 7 nitrogen and oxygen atoms in total. The summed E-state index contributed by atoms with van der Waals surface area (Å²) in [6.07, 6.45) is 1.25. The number of ether oxygens (including phenoxy) is 2. The van der Waals surface area contributed by atoms with Crippen molar-refractivity contribution in [2.75, 3.05) is 31.6 Å². The summed E-state index contributed by atoms with van der Waals surface area (Å²) in [7, 11) is 0. The molecule has 2 aliphatic rings. The number of amides is 1. The lowest BCUT2D eigenvalue weighted by atomic mass is 10.0. The minimum Gasteiger partial charge on any atom is -0.347 e. The molecule has 2 aromatic rings. The molecule has 1 N–H and O–H groups in total. The van der Waals surface area contributed by atoms with E-state index in [2.05, 4.69) is 15.5 Å². The Labute approximate surface area is 154 Å². The second-order valence-electron chi connectivity index (χ2n) is 6.46. The summed E-state index contributed by atoms with van der Waals surface area (Å²) in [5.41, 5.74) is 0.551. The van der Waals surface area contributed by atoms with Crippen molar-refractivity contribution in [1.29, 1.82) is 0 Å². The fourth-order valence-electron chi connectivity index (χ4n) is 3.23. The van der Waals surface area contributed by atoms with E-state index < -0.39 is 17.4 Å². The Kier molecular flexibility index (Phi) is 4.71. The summed E-state index contributed by atoms with van der Waals surface area (Å²) in [5, 5.41) is 10.7. The van der Waals surface area contributed by atoms with Gasteiger partial charge in [-0.3, -0.25) is 4.79 Å². The van der Waals surface area contributed by atoms with E-state index in [4.69, 9.17) is 9.47 Å². The molecule has 142 valence electrons. The van der Waals surface area contributed by atoms with Crippen molar-refractivity contribution in [3.63, 3.8) is 0 Å². The first kappa shape index (κ1) is 17.7. The number of aromatic nitrogens is 2. The van der Waals surface area contributed by atoms with Crippen molar-refractivity contribution >= 4 is 17.4 Å². The first-order valence-electron chi connectivity index (χ1n) is 8.68. The molecule has 0 aliphatic carbocycles. The van der Waals surface area contributed by atoms with Crippen LogP contribution in [0.25, 0.3) is 0 Å². The van der Waals surface area contributed by atoms with Gasteiger partial charge in [0.15, 0.2) is 28.9 Å². The van der Waals surface area contributed by atoms with Gasteiger partial charge in [0, 0.05) is 37.7 Å². The van der Waals surface area contributed by atoms with Crippen LogP contribution in [0.15, 0.2) is 30.3 Å². The van der Waals surface area contributed by atoms with Crippen LogP contribution in [-0.4, -0.2) is 53.1 Å². The number of carbonyl (C=O) groups excluding carboxylic acids is 1. The van der Waals surface area contributed by atoms with E-state index in [1.165, 1.54) is 6.07 Å². The molecule has 3 heterocycles. The molecule has 1 spiro atoms. The monoisotopic (exact) mass is 376 g/mol. The highest BCUT2D eigenvalue weighted by atomic mass is 19.2. The molecule has 2 saturated heterocycles. The highest BCUT2D eigenvalue weighted by Crippen LogP contribution is 2.31. The van der Waals surface area contributed by atoms with Crippen LogP contribution in [0, 0.1) is 11.6 Å². The van der Waals surface area contributed by atoms with Crippen LogP contribution in [0.3, 0.4) is 0 Å². The van der Waals surface area contributed by atoms with Gasteiger partial charge < -0.3 is 19.7 Å². The number of anilines is 2. The Morgan fingerprint density at radius 2 is 1.78 bits per heavy atom. The number of nitrogens with one attached hydrogen (secondary N) is 1. The Morgan fingerprint density at radius 3 is 2.41 bits per heavy atom. The molecular formula is C18H18F2N4O3. The van der Waals surface area contributed by atoms with Crippen molar-refractivity contribution in [3.05, 3.63) is 47.7 Å². The molecule has 27 heavy (non-hydrogen) atoms. The van der Waals surface area contributed by atoms with Gasteiger partial charge in [0.05, 0.1) is 13.2 Å². The topological polar surface area (TPSA) is 76.6 Å². The summed E-state index contributed by atoms with van der Waals surface area (Å²) < 4.78 is 37.5. The van der Waals surface area contributed by atoms with E-state index in [1.54, 1.807) is 17.0 Å². The largest absolute Gasteiger partial charge is 0.347 e. The maximum Gasteiger partial charge on any atom is 0.274 e. The molecule has 0 atom stereocenters. The zero-order chi connectivity index (χ0) is 18.9. The van der Waals surface area contributed by atoms with Crippen LogP contribution >= 0.6 is 0 Å². The van der Waals surface area contributed by atoms with E-state index in [0.717, 1.165) is 12.1 Å². The minimum atomic E-state index is -0.960. The number of halogens is 2. The van der Waals surface area contributed by atoms with Crippen molar-refractivity contribution in [3.8, 4) is 0 Å². The van der Waals surface area contributed by atoms with Crippen LogP contribution in [0.4, 0.5) is 20.3 Å². The number of hydrogen-bond acceptors (Lipinski definition) is 6. The predicted molar refractivity (Wildman–Crippen MR) is 91.4 cm³/mol. The number of piperidine rings is 1. The number of rotatable bonds is 3. The molecule has 1 aromatic heterocycles. The van der Waals surface area contributed by atoms with Gasteiger partial charge in [-0.2, -0.15) is 0 Å². The smallest absolute Gasteiger partial charge is 0.274 e. The summed E-state index contributed by atoms with van der Waals surface area (Å²) in [6.45, 7) is 2.22. The minimum absolute atomic E-state index is 0.213. The maximum absolute atomic E-state index is 13.2. The van der Waals surface area contributed by atoms with Crippen LogP contribution < -0.4 is 5.32 Å². The van der Waals surface area contributed by atoms with Gasteiger partial charge in [-0.25, -0.2) is 8.78 Å². The quantitative estimate of drug-likeness (QED) is 0.887. The molecule has 9 heteroatoms. The predicted octanol–water partition coefficient (Wildman–Crippen LogP) is 2.48. The molecule has 0 bridgehead atoms. The lowest BCUT2D eigenvalue weighted by Crippen LogP contribution is -2.47. The van der Waals surface area contributed by atoms with Crippen molar-refractivity contribution < 1.29 is 23.0 Å². The summed E-state index contributed by atoms with van der Waals surface area (Å²) in [5.74, 6) is -2.32. The van der Waals surface area contributed by atoms with Crippen molar-refractivity contribution in [2.45, 2.75) is 18.6 Å². The van der Waals surface area contributed by atoms with Gasteiger partial charge in [-0.15, -0.1) is 10.2 Å². The number of benzene rings is 1. The van der Waals surface area contributed by atoms with Gasteiger partial charge >= 0.3 is 0 Å². The highest BCUT2D eigenvalue weighted by molar-refractivity contribution is 5.92. The molecule has 1 aromatic carbocycles. The van der Waals surface area contributed by atoms with Crippen molar-refractivity contribution in [2.24, 2.45) is 0 Å². The maximum atomic E-state index is 13.2. The summed E-state index contributed by atoms with van der Waals surface area (Å²) in [6, 6.07) is 6.53. The lowest BCUT2D eigenvalue weighted by molar-refractivity contribution is -0.181. The van der Waals surface area contributed by atoms with Crippen LogP contribution in [0.2, 0.25) is 0 Å². The second kappa shape index (κ2) is 7.16. The van der Waals surface area contributed by atoms with Crippen molar-refractivity contribution in [1.82, 2.24) is 15.1 Å². The van der Waals surface area contributed by atoms with E-state index >= 15 is 0 Å². The number of hydrogen-bond donors (Lipinski definition) is 1. The number of likely N-dealkylation sites (tertiary alicyclic amines) is 1. The van der Waals surface area contributed by atoms with Gasteiger partial charge in [0.25, 0.3) is 5.91 Å². The first-order chi connectivity index (χ1) is 13.0. The summed E-state index contributed by atoms with van der Waals surface area (Å²) >= 11 is 0. The first-order valence-corrected chi connectivity index (χ1v) is 8.68. The molecule has 0 unspecified atom stereocenters. The molecule has 0 radical (unpaired) electrons. The van der Waals surface area contributed by atoms with E-state index in [0.29, 0.717) is 50.7 Å². The van der Waals surface area contributed by atoms with Gasteiger partial charge in [0.1, 0.15) is 0 Å². The second-order valence-corrected chi connectivity index (χ2v) is 6.46. The zero-order valence-corrected chi connectivity index (χ0v) is 14.5. The Morgan fingerprint density at radius 1 is 1.04 bits per heavy atom. The van der Waals surface area contributed by atoms with E-state index in [1.807, 2.05) is 0 Å². The average Bonchev–Trinajstić information content (AvgIpc) is 3.13. The van der Waals surface area contributed by atoms with Gasteiger partial charge in [-0.1, -0.05) is 0 Å². The average molecular weight is 376 g/mol. The molecule has 4 rings (SSSR count). The van der Waals surface area contributed by atoms with Crippen LogP contribution in [-0.2, 0) is 9.47 Å². The Balaban J connectivity index is 1.38. The zero-order valence-electron chi connectivity index (χ0n) is 14.5. The fraction of sp³-hybridized carbons (Fsp3) is 0.389. The third-order valence-corrected chi connectivity index (χ3v) is 4.70. The molecular weight excluding hydrogens is 358 g/mol. The Bertz CT molecular complexity index is 831. The standard InChI is InChI=1S/C18H18F2N4O3/c19-13-2-1-12(11-14(13)20)21-16-4-3-15(22-23-16)17(25)24-7-5-18(6-8-24)26-9-10-27-18/h1-4,11H,5-10H2,(H,21,23). The lowest BCUT2D eigenvalue weighted by Gasteiger charge is -2.37. The van der Waals surface area contributed by atoms with E-state index in [-0.39, 0.29) is 11.6 Å². The normalized spacial score (nSPS) is 18.7. The van der Waals surface area contributed by atoms with Crippen LogP contribution in [0.1, 0.15) is 23.3 Å². The third kappa shape index (κ3) is 3.74. The molecule has 1 amide bonds. The van der Waals surface area contributed by atoms with E-state index in [9.17, 15) is 13.6 Å².